The number of aromatic nitrogens is 2. The van der Waals surface area contributed by atoms with Crippen molar-refractivity contribution < 1.29 is 14.0 Å². The van der Waals surface area contributed by atoms with E-state index in [9.17, 15) is 14.0 Å². The molecule has 0 aliphatic carbocycles. The van der Waals surface area contributed by atoms with Crippen LogP contribution < -0.4 is 10.2 Å². The van der Waals surface area contributed by atoms with Gasteiger partial charge in [0.25, 0.3) is 5.91 Å². The zero-order valence-corrected chi connectivity index (χ0v) is 17.8. The first-order valence-corrected chi connectivity index (χ1v) is 10.4. The lowest BCUT2D eigenvalue weighted by atomic mass is 9.98. The molecule has 6 nitrogen and oxygen atoms in total. The van der Waals surface area contributed by atoms with Crippen LogP contribution in [-0.2, 0) is 4.79 Å². The third kappa shape index (κ3) is 4.88. The Morgan fingerprint density at radius 1 is 1.13 bits per heavy atom. The summed E-state index contributed by atoms with van der Waals surface area (Å²) in [5.74, 6) is -1.27. The first-order valence-electron chi connectivity index (χ1n) is 9.55. The molecule has 1 aromatic heterocycles. The van der Waals surface area contributed by atoms with Crippen molar-refractivity contribution in [1.82, 2.24) is 14.9 Å². The molecule has 156 valence electrons. The smallest absolute Gasteiger partial charge is 0.280 e. The van der Waals surface area contributed by atoms with E-state index in [-0.39, 0.29) is 11.6 Å². The summed E-state index contributed by atoms with van der Waals surface area (Å²) in [6.45, 7) is 5.81. The molecule has 1 atom stereocenters. The summed E-state index contributed by atoms with van der Waals surface area (Å²) in [5.41, 5.74) is 0.660. The van der Waals surface area contributed by atoms with Crippen molar-refractivity contribution in [3.63, 3.8) is 0 Å². The molecule has 3 rings (SSSR count). The Bertz CT molecular complexity index is 992. The van der Waals surface area contributed by atoms with E-state index < -0.39 is 23.3 Å². The Kier molecular flexibility index (Phi) is 6.56. The number of halogens is 1. The number of hydrogen-bond donors (Lipinski definition) is 1. The number of carbonyl (C=O) groups excluding carboxylic acids is 2. The highest BCUT2D eigenvalue weighted by Gasteiger charge is 2.36. The molecule has 3 aromatic rings. The summed E-state index contributed by atoms with van der Waals surface area (Å²) in [6, 6.07) is 13.5. The molecule has 0 fully saturated rings. The molecule has 30 heavy (non-hydrogen) atoms. The lowest BCUT2D eigenvalue weighted by molar-refractivity contribution is -0.124. The molecule has 0 saturated heterocycles. The highest BCUT2D eigenvalue weighted by Crippen LogP contribution is 2.30. The standard InChI is InChI=1S/C22H23FN4O2S/c1-4-22(2,3)24-20(28)19(15-8-6-5-7-9-15)27(17-12-10-16(23)11-13-17)21(29)18-14-30-26-25-18/h5-14,19H,4H2,1-3H3,(H,24,28)/t19-/m0/s1. The van der Waals surface area contributed by atoms with Crippen molar-refractivity contribution in [2.45, 2.75) is 38.8 Å². The molecule has 0 aliphatic heterocycles. The molecule has 2 aromatic carbocycles. The van der Waals surface area contributed by atoms with Gasteiger partial charge in [-0.15, -0.1) is 5.10 Å². The fraction of sp³-hybridized carbons (Fsp3) is 0.273. The van der Waals surface area contributed by atoms with E-state index in [1.807, 2.05) is 26.8 Å². The number of hydrogen-bond acceptors (Lipinski definition) is 5. The van der Waals surface area contributed by atoms with Gasteiger partial charge < -0.3 is 5.32 Å². The number of nitrogens with zero attached hydrogens (tertiary/aromatic N) is 3. The Labute approximate surface area is 178 Å². The van der Waals surface area contributed by atoms with Crippen LogP contribution in [0, 0.1) is 5.82 Å². The zero-order chi connectivity index (χ0) is 21.7. The summed E-state index contributed by atoms with van der Waals surface area (Å²) in [6.07, 6.45) is 0.709. The van der Waals surface area contributed by atoms with Gasteiger partial charge in [0.1, 0.15) is 11.9 Å². The fourth-order valence-corrected chi connectivity index (χ4v) is 3.34. The average Bonchev–Trinajstić information content (AvgIpc) is 3.27. The molecular weight excluding hydrogens is 403 g/mol. The van der Waals surface area contributed by atoms with Gasteiger partial charge in [-0.3, -0.25) is 14.5 Å². The van der Waals surface area contributed by atoms with E-state index in [1.54, 1.807) is 24.3 Å². The van der Waals surface area contributed by atoms with E-state index in [4.69, 9.17) is 0 Å². The van der Waals surface area contributed by atoms with Gasteiger partial charge in [0.2, 0.25) is 5.91 Å². The van der Waals surface area contributed by atoms with Crippen LogP contribution in [0.4, 0.5) is 10.1 Å². The molecule has 0 saturated carbocycles. The van der Waals surface area contributed by atoms with E-state index >= 15 is 0 Å². The van der Waals surface area contributed by atoms with Gasteiger partial charge in [0, 0.05) is 16.6 Å². The Hall–Kier alpha value is -3.13. The molecule has 0 aliphatic rings. The summed E-state index contributed by atoms with van der Waals surface area (Å²) in [4.78, 5) is 28.2. The second-order valence-corrected chi connectivity index (χ2v) is 8.09. The molecule has 2 amide bonds. The SMILES string of the molecule is CCC(C)(C)NC(=O)[C@H](c1ccccc1)N(C(=O)c1csnn1)c1ccc(F)cc1. The Balaban J connectivity index is 2.14. The second-order valence-electron chi connectivity index (χ2n) is 7.48. The van der Waals surface area contributed by atoms with Crippen LogP contribution in [0.25, 0.3) is 0 Å². The van der Waals surface area contributed by atoms with Gasteiger partial charge in [-0.2, -0.15) is 0 Å². The Morgan fingerprint density at radius 2 is 1.80 bits per heavy atom. The summed E-state index contributed by atoms with van der Waals surface area (Å²) in [5, 5.41) is 8.43. The van der Waals surface area contributed by atoms with Gasteiger partial charge in [0.05, 0.1) is 0 Å². The molecule has 8 heteroatoms. The van der Waals surface area contributed by atoms with Gasteiger partial charge in [0.15, 0.2) is 5.69 Å². The van der Waals surface area contributed by atoms with Crippen LogP contribution in [0.1, 0.15) is 49.3 Å². The van der Waals surface area contributed by atoms with E-state index in [0.29, 0.717) is 17.7 Å². The third-order valence-corrected chi connectivity index (χ3v) is 5.37. The second kappa shape index (κ2) is 9.13. The number of amides is 2. The van der Waals surface area contributed by atoms with Gasteiger partial charge >= 0.3 is 0 Å². The van der Waals surface area contributed by atoms with Gasteiger partial charge in [-0.05, 0) is 61.6 Å². The highest BCUT2D eigenvalue weighted by molar-refractivity contribution is 7.03. The van der Waals surface area contributed by atoms with Crippen molar-refractivity contribution in [2.24, 2.45) is 0 Å². The maximum Gasteiger partial charge on any atom is 0.280 e. The van der Waals surface area contributed by atoms with Gasteiger partial charge in [-0.25, -0.2) is 4.39 Å². The van der Waals surface area contributed by atoms with Crippen molar-refractivity contribution in [3.8, 4) is 0 Å². The summed E-state index contributed by atoms with van der Waals surface area (Å²) in [7, 11) is 0. The molecule has 0 spiro atoms. The maximum absolute atomic E-state index is 13.6. The van der Waals surface area contributed by atoms with Crippen LogP contribution in [-0.4, -0.2) is 26.9 Å². The molecular formula is C22H23FN4O2S. The van der Waals surface area contributed by atoms with Crippen molar-refractivity contribution in [3.05, 3.63) is 77.1 Å². The maximum atomic E-state index is 13.6. The normalized spacial score (nSPS) is 12.3. The molecule has 0 unspecified atom stereocenters. The van der Waals surface area contributed by atoms with E-state index in [1.165, 1.54) is 34.5 Å². The minimum absolute atomic E-state index is 0.118. The lowest BCUT2D eigenvalue weighted by Crippen LogP contribution is -2.50. The van der Waals surface area contributed by atoms with Crippen molar-refractivity contribution in [1.29, 1.82) is 0 Å². The molecule has 1 heterocycles. The lowest BCUT2D eigenvalue weighted by Gasteiger charge is -2.34. The highest BCUT2D eigenvalue weighted by atomic mass is 32.1. The predicted octanol–water partition coefficient (Wildman–Crippen LogP) is 4.37. The van der Waals surface area contributed by atoms with Crippen molar-refractivity contribution in [2.75, 3.05) is 4.90 Å². The Morgan fingerprint density at radius 3 is 2.37 bits per heavy atom. The first kappa shape index (κ1) is 21.6. The van der Waals surface area contributed by atoms with Crippen LogP contribution in [0.2, 0.25) is 0 Å². The molecule has 0 bridgehead atoms. The molecule has 0 radical (unpaired) electrons. The minimum Gasteiger partial charge on any atom is -0.349 e. The fourth-order valence-electron chi connectivity index (χ4n) is 2.91. The minimum atomic E-state index is -0.975. The first-order chi connectivity index (χ1) is 14.3. The van der Waals surface area contributed by atoms with Crippen LogP contribution in [0.3, 0.4) is 0 Å². The monoisotopic (exact) mass is 426 g/mol. The van der Waals surface area contributed by atoms with Crippen LogP contribution in [0.15, 0.2) is 60.0 Å². The van der Waals surface area contributed by atoms with Crippen LogP contribution in [0.5, 0.6) is 0 Å². The third-order valence-electron chi connectivity index (χ3n) is 4.87. The van der Waals surface area contributed by atoms with Crippen molar-refractivity contribution >= 4 is 29.0 Å². The number of anilines is 1. The van der Waals surface area contributed by atoms with Crippen LogP contribution >= 0.6 is 11.5 Å². The quantitative estimate of drug-likeness (QED) is 0.609. The molecule has 1 N–H and O–H groups in total. The number of benzene rings is 2. The van der Waals surface area contributed by atoms with Gasteiger partial charge in [-0.1, -0.05) is 41.7 Å². The topological polar surface area (TPSA) is 75.2 Å². The number of rotatable bonds is 7. The summed E-state index contributed by atoms with van der Waals surface area (Å²) < 4.78 is 17.3. The van der Waals surface area contributed by atoms with E-state index in [0.717, 1.165) is 11.5 Å². The zero-order valence-electron chi connectivity index (χ0n) is 17.0. The largest absolute Gasteiger partial charge is 0.349 e. The number of carbonyl (C=O) groups is 2. The summed E-state index contributed by atoms with van der Waals surface area (Å²) >= 11 is 1.04. The number of nitrogens with one attached hydrogen (secondary N) is 1. The van der Waals surface area contributed by atoms with E-state index in [2.05, 4.69) is 14.9 Å². The average molecular weight is 427 g/mol. The predicted molar refractivity (Wildman–Crippen MR) is 115 cm³/mol.